The van der Waals surface area contributed by atoms with Gasteiger partial charge in [-0.3, -0.25) is 0 Å². The molecule has 56 heavy (non-hydrogen) atoms. The van der Waals surface area contributed by atoms with Gasteiger partial charge in [-0.2, -0.15) is 0 Å². The van der Waals surface area contributed by atoms with E-state index in [0.717, 1.165) is 0 Å². The van der Waals surface area contributed by atoms with E-state index in [1.54, 1.807) is 0 Å². The van der Waals surface area contributed by atoms with Gasteiger partial charge in [-0.1, -0.05) is 185 Å². The average molecular weight is 713 g/mol. The van der Waals surface area contributed by atoms with Crippen LogP contribution in [-0.2, 0) is 10.8 Å². The fraction of sp³-hybridized carbons (Fsp3) is 0.107. The molecule has 0 spiro atoms. The maximum Gasteiger partial charge on any atom is 0.0165 e. The van der Waals surface area contributed by atoms with Crippen molar-refractivity contribution in [3.8, 4) is 44.5 Å². The van der Waals surface area contributed by atoms with Crippen LogP contribution in [0.25, 0.3) is 98.4 Å². The van der Waals surface area contributed by atoms with E-state index >= 15 is 0 Å². The van der Waals surface area contributed by atoms with Crippen LogP contribution in [0, 0.1) is 0 Å². The quantitative estimate of drug-likeness (QED) is 0.124. The fourth-order valence-electron chi connectivity index (χ4n) is 11.1. The predicted octanol–water partition coefficient (Wildman–Crippen LogP) is 15.4. The molecule has 0 radical (unpaired) electrons. The van der Waals surface area contributed by atoms with Gasteiger partial charge in [0.1, 0.15) is 0 Å². The third-order valence-electron chi connectivity index (χ3n) is 13.6. The molecule has 0 heteroatoms. The molecule has 264 valence electrons. The Bertz CT molecular complexity index is 3300. The Kier molecular flexibility index (Phi) is 6.28. The minimum Gasteiger partial charge on any atom is -0.0619 e. The highest BCUT2D eigenvalue weighted by Crippen LogP contribution is 2.59. The normalized spacial score (nSPS) is 14.7. The minimum absolute atomic E-state index is 0.0716. The van der Waals surface area contributed by atoms with Gasteiger partial charge < -0.3 is 0 Å². The molecule has 10 aromatic rings. The van der Waals surface area contributed by atoms with Crippen LogP contribution in [0.2, 0.25) is 0 Å². The van der Waals surface area contributed by atoms with Gasteiger partial charge in [0.05, 0.1) is 0 Å². The second-order valence-corrected chi connectivity index (χ2v) is 17.1. The van der Waals surface area contributed by atoms with Crippen LogP contribution in [0.4, 0.5) is 0 Å². The van der Waals surface area contributed by atoms with Gasteiger partial charge in [-0.05, 0) is 133 Å². The summed E-state index contributed by atoms with van der Waals surface area (Å²) in [5.41, 5.74) is 16.1. The van der Waals surface area contributed by atoms with Gasteiger partial charge in [0.2, 0.25) is 0 Å². The smallest absolute Gasteiger partial charge is 0.0165 e. The summed E-state index contributed by atoms with van der Waals surface area (Å²) in [5.74, 6) is 0. The second-order valence-electron chi connectivity index (χ2n) is 17.1. The number of rotatable bonds is 2. The Morgan fingerprint density at radius 1 is 0.268 bits per heavy atom. The summed E-state index contributed by atoms with van der Waals surface area (Å²) in [6.07, 6.45) is 0. The molecule has 0 unspecified atom stereocenters. The van der Waals surface area contributed by atoms with Crippen LogP contribution in [-0.4, -0.2) is 0 Å². The maximum absolute atomic E-state index is 2.57. The molecular weight excluding hydrogens is 673 g/mol. The molecule has 0 saturated heterocycles. The molecule has 0 fully saturated rings. The molecule has 0 bridgehead atoms. The van der Waals surface area contributed by atoms with Crippen LogP contribution in [0.15, 0.2) is 170 Å². The number of hydrogen-bond donors (Lipinski definition) is 0. The first kappa shape index (κ1) is 31.8. The zero-order valence-corrected chi connectivity index (χ0v) is 32.2. The van der Waals surface area contributed by atoms with E-state index in [9.17, 15) is 0 Å². The van der Waals surface area contributed by atoms with Crippen LogP contribution in [0.5, 0.6) is 0 Å². The lowest BCUT2D eigenvalue weighted by atomic mass is 9.77. The van der Waals surface area contributed by atoms with Crippen molar-refractivity contribution in [3.63, 3.8) is 0 Å². The summed E-state index contributed by atoms with van der Waals surface area (Å²) in [4.78, 5) is 0. The summed E-state index contributed by atoms with van der Waals surface area (Å²) < 4.78 is 0. The minimum atomic E-state index is -0.215. The zero-order chi connectivity index (χ0) is 37.5. The molecular formula is C56H40. The molecule has 0 nitrogen and oxygen atoms in total. The summed E-state index contributed by atoms with van der Waals surface area (Å²) in [7, 11) is 0. The molecule has 0 heterocycles. The fourth-order valence-corrected chi connectivity index (χ4v) is 11.1. The summed E-state index contributed by atoms with van der Waals surface area (Å²) >= 11 is 0. The van der Waals surface area contributed by atoms with E-state index in [1.807, 2.05) is 0 Å². The van der Waals surface area contributed by atoms with Gasteiger partial charge in [-0.15, -0.1) is 0 Å². The van der Waals surface area contributed by atoms with Gasteiger partial charge in [0, 0.05) is 10.8 Å². The standard InChI is InChI=1S/C56H40/c1-55(2)47-28-16-15-20-37(47)38-30-29-33(31-48(38)55)50-41-23-10-12-25-43(41)51(44-26-13-11-24-42(44)50)46-32-49-52(39-21-8-6-19-36(39)46)53-40-22-9-5-17-34(40)35-18-7-14-27-45(35)54(53)56(49,3)4/h5-32H,1-4H3. The molecule has 0 N–H and O–H groups in total. The first-order chi connectivity index (χ1) is 27.3. The first-order valence-electron chi connectivity index (χ1n) is 20.0. The highest BCUT2D eigenvalue weighted by atomic mass is 14.4. The Labute approximate surface area is 327 Å². The van der Waals surface area contributed by atoms with Gasteiger partial charge in [0.25, 0.3) is 0 Å². The summed E-state index contributed by atoms with van der Waals surface area (Å²) in [5, 5.41) is 13.1. The van der Waals surface area contributed by atoms with E-state index in [0.29, 0.717) is 0 Å². The van der Waals surface area contributed by atoms with Gasteiger partial charge in [-0.25, -0.2) is 0 Å². The van der Waals surface area contributed by atoms with Crippen molar-refractivity contribution < 1.29 is 0 Å². The highest BCUT2D eigenvalue weighted by Gasteiger charge is 2.40. The average Bonchev–Trinajstić information content (AvgIpc) is 3.62. The monoisotopic (exact) mass is 712 g/mol. The first-order valence-corrected chi connectivity index (χ1v) is 20.0. The third-order valence-corrected chi connectivity index (χ3v) is 13.6. The van der Waals surface area contributed by atoms with Crippen LogP contribution in [0.3, 0.4) is 0 Å². The second kappa shape index (κ2) is 11.1. The molecule has 2 aliphatic rings. The molecule has 0 saturated carbocycles. The molecule has 12 rings (SSSR count). The summed E-state index contributed by atoms with van der Waals surface area (Å²) in [6.45, 7) is 9.66. The van der Waals surface area contributed by atoms with Crippen molar-refractivity contribution in [2.75, 3.05) is 0 Å². The van der Waals surface area contributed by atoms with Gasteiger partial charge >= 0.3 is 0 Å². The van der Waals surface area contributed by atoms with E-state index in [1.165, 1.54) is 121 Å². The molecule has 0 aromatic heterocycles. The van der Waals surface area contributed by atoms with Crippen LogP contribution >= 0.6 is 0 Å². The summed E-state index contributed by atoms with van der Waals surface area (Å²) in [6, 6.07) is 64.3. The van der Waals surface area contributed by atoms with Crippen molar-refractivity contribution >= 4 is 53.9 Å². The molecule has 2 aliphatic carbocycles. The lowest BCUT2D eigenvalue weighted by Gasteiger charge is -2.25. The predicted molar refractivity (Wildman–Crippen MR) is 240 cm³/mol. The molecule has 0 atom stereocenters. The van der Waals surface area contributed by atoms with Gasteiger partial charge in [0.15, 0.2) is 0 Å². The van der Waals surface area contributed by atoms with Crippen LogP contribution < -0.4 is 0 Å². The lowest BCUT2D eigenvalue weighted by Crippen LogP contribution is -2.16. The molecule has 0 aliphatic heterocycles. The van der Waals surface area contributed by atoms with Crippen molar-refractivity contribution in [1.29, 1.82) is 0 Å². The third kappa shape index (κ3) is 3.99. The number of hydrogen-bond acceptors (Lipinski definition) is 0. The Hall–Kier alpha value is -6.50. The van der Waals surface area contributed by atoms with Crippen molar-refractivity contribution in [3.05, 3.63) is 192 Å². The number of benzene rings is 10. The molecule has 10 aromatic carbocycles. The van der Waals surface area contributed by atoms with E-state index < -0.39 is 0 Å². The molecule has 0 amide bonds. The number of fused-ring (bicyclic) bond motifs is 15. The Morgan fingerprint density at radius 2 is 0.714 bits per heavy atom. The van der Waals surface area contributed by atoms with Crippen molar-refractivity contribution in [1.82, 2.24) is 0 Å². The largest absolute Gasteiger partial charge is 0.0619 e. The Balaban J connectivity index is 1.18. The highest BCUT2D eigenvalue weighted by molar-refractivity contribution is 6.27. The zero-order valence-electron chi connectivity index (χ0n) is 32.2. The lowest BCUT2D eigenvalue weighted by molar-refractivity contribution is 0.660. The van der Waals surface area contributed by atoms with E-state index in [4.69, 9.17) is 0 Å². The Morgan fingerprint density at radius 3 is 1.34 bits per heavy atom. The maximum atomic E-state index is 2.57. The SMILES string of the molecule is CC1(C)c2ccccc2-c2ccc(-c3c4ccccc4c(-c4cc5c(c6ccccc46)-c4c(c6ccccc6c6ccccc46)C5(C)C)c4ccccc34)cc21. The van der Waals surface area contributed by atoms with Crippen molar-refractivity contribution in [2.24, 2.45) is 0 Å². The van der Waals surface area contributed by atoms with E-state index in [-0.39, 0.29) is 10.8 Å². The van der Waals surface area contributed by atoms with Crippen LogP contribution in [0.1, 0.15) is 49.9 Å². The van der Waals surface area contributed by atoms with Crippen molar-refractivity contribution in [2.45, 2.75) is 38.5 Å². The topological polar surface area (TPSA) is 0 Å². The van der Waals surface area contributed by atoms with E-state index in [2.05, 4.69) is 198 Å².